The van der Waals surface area contributed by atoms with Gasteiger partial charge in [0.1, 0.15) is 12.3 Å². The van der Waals surface area contributed by atoms with Crippen molar-refractivity contribution in [3.63, 3.8) is 0 Å². The monoisotopic (exact) mass is 500 g/mol. The zero-order valence-corrected chi connectivity index (χ0v) is 20.2. The highest BCUT2D eigenvalue weighted by molar-refractivity contribution is 7.12. The van der Waals surface area contributed by atoms with E-state index in [4.69, 9.17) is 9.47 Å². The molecule has 3 fully saturated rings. The predicted octanol–water partition coefficient (Wildman–Crippen LogP) is 5.30. The van der Waals surface area contributed by atoms with Crippen LogP contribution in [0.2, 0.25) is 0 Å². The molecule has 3 aromatic rings. The lowest BCUT2D eigenvalue weighted by Crippen LogP contribution is -2.65. The summed E-state index contributed by atoms with van der Waals surface area (Å²) in [6.07, 6.45) is 2.94. The molecule has 2 bridgehead atoms. The van der Waals surface area contributed by atoms with Gasteiger partial charge in [0.15, 0.2) is 6.10 Å². The lowest BCUT2D eigenvalue weighted by Gasteiger charge is -2.52. The SMILES string of the molecule is C.O=C(O[C@@H]1C[N+]2(CCCOc3ccccc3)CCC1CC2)C(O)(c1cccs1)c1cccs1. The number of hydrogen-bond acceptors (Lipinski definition) is 6. The third-order valence-electron chi connectivity index (χ3n) is 7.14. The summed E-state index contributed by atoms with van der Waals surface area (Å²) in [5, 5.41) is 15.3. The molecule has 0 amide bonds. The van der Waals surface area contributed by atoms with Gasteiger partial charge < -0.3 is 19.1 Å². The first-order valence-corrected chi connectivity index (χ1v) is 13.4. The van der Waals surface area contributed by atoms with Gasteiger partial charge in [-0.05, 0) is 35.0 Å². The number of para-hydroxylation sites is 1. The van der Waals surface area contributed by atoms with Crippen molar-refractivity contribution in [1.29, 1.82) is 0 Å². The molecule has 7 heteroatoms. The van der Waals surface area contributed by atoms with Crippen LogP contribution in [0, 0.1) is 5.92 Å². The number of carbonyl (C=O) groups is 1. The molecule has 0 unspecified atom stereocenters. The Labute approximate surface area is 210 Å². The lowest BCUT2D eigenvalue weighted by atomic mass is 9.83. The maximum atomic E-state index is 13.4. The largest absolute Gasteiger partial charge is 0.493 e. The number of rotatable bonds is 9. The van der Waals surface area contributed by atoms with Crippen molar-refractivity contribution in [2.24, 2.45) is 5.92 Å². The first-order chi connectivity index (χ1) is 16.1. The van der Waals surface area contributed by atoms with Crippen LogP contribution in [0.15, 0.2) is 65.4 Å². The summed E-state index contributed by atoms with van der Waals surface area (Å²) in [5.41, 5.74) is -1.73. The van der Waals surface area contributed by atoms with Gasteiger partial charge in [0.05, 0.1) is 36.0 Å². The molecule has 5 heterocycles. The van der Waals surface area contributed by atoms with Crippen LogP contribution < -0.4 is 4.74 Å². The van der Waals surface area contributed by atoms with Gasteiger partial charge in [-0.3, -0.25) is 0 Å². The van der Waals surface area contributed by atoms with Gasteiger partial charge in [-0.2, -0.15) is 0 Å². The number of piperidine rings is 3. The van der Waals surface area contributed by atoms with Gasteiger partial charge in [0.25, 0.3) is 0 Å². The molecule has 0 spiro atoms. The van der Waals surface area contributed by atoms with Crippen molar-refractivity contribution >= 4 is 28.6 Å². The fraction of sp³-hybridized carbons (Fsp3) is 0.444. The van der Waals surface area contributed by atoms with Crippen LogP contribution in [-0.2, 0) is 15.1 Å². The molecule has 0 aliphatic carbocycles. The number of benzene rings is 1. The van der Waals surface area contributed by atoms with Crippen molar-refractivity contribution in [3.8, 4) is 5.75 Å². The molecule has 34 heavy (non-hydrogen) atoms. The number of quaternary nitrogens is 1. The Morgan fingerprint density at radius 2 is 1.65 bits per heavy atom. The van der Waals surface area contributed by atoms with E-state index in [9.17, 15) is 9.90 Å². The molecule has 5 nitrogen and oxygen atoms in total. The molecular weight excluding hydrogens is 466 g/mol. The van der Waals surface area contributed by atoms with Crippen LogP contribution in [0.25, 0.3) is 0 Å². The van der Waals surface area contributed by atoms with Crippen molar-refractivity contribution in [3.05, 3.63) is 75.1 Å². The number of aliphatic hydroxyl groups is 1. The standard InChI is InChI=1S/C26H30NO4S2.CH4/c28-25(26(29,23-9-4-17-32-23)24-10-5-18-33-24)31-22-19-27(14-11-20(22)12-15-27)13-6-16-30-21-7-2-1-3-8-21;/h1-5,7-10,17-18,20,22,29H,6,11-16,19H2;1H4/q+1;/t20?,22-,27?;/m1./s1. The van der Waals surface area contributed by atoms with Gasteiger partial charge in [-0.15, -0.1) is 22.7 Å². The smallest absolute Gasteiger partial charge is 0.349 e. The van der Waals surface area contributed by atoms with Crippen LogP contribution in [0.4, 0.5) is 0 Å². The van der Waals surface area contributed by atoms with Crippen LogP contribution in [0.5, 0.6) is 5.75 Å². The Bertz CT molecular complexity index is 994. The second kappa shape index (κ2) is 10.6. The van der Waals surface area contributed by atoms with E-state index in [0.29, 0.717) is 22.3 Å². The Balaban J connectivity index is 0.00000274. The Kier molecular flexibility index (Phi) is 7.77. The van der Waals surface area contributed by atoms with Gasteiger partial charge in [0.2, 0.25) is 5.60 Å². The van der Waals surface area contributed by atoms with Crippen molar-refractivity contribution in [2.45, 2.75) is 38.4 Å². The van der Waals surface area contributed by atoms with Crippen LogP contribution in [0.3, 0.4) is 0 Å². The second-order valence-electron chi connectivity index (χ2n) is 9.16. The predicted molar refractivity (Wildman–Crippen MR) is 137 cm³/mol. The van der Waals surface area contributed by atoms with E-state index in [0.717, 1.165) is 55.7 Å². The second-order valence-corrected chi connectivity index (χ2v) is 11.1. The van der Waals surface area contributed by atoms with Crippen LogP contribution in [0.1, 0.15) is 36.4 Å². The topological polar surface area (TPSA) is 55.8 Å². The van der Waals surface area contributed by atoms with Crippen molar-refractivity contribution < 1.29 is 23.9 Å². The average molecular weight is 501 g/mol. The third kappa shape index (κ3) is 4.93. The van der Waals surface area contributed by atoms with Crippen molar-refractivity contribution in [1.82, 2.24) is 0 Å². The minimum Gasteiger partial charge on any atom is -0.493 e. The molecule has 1 N–H and O–H groups in total. The first-order valence-electron chi connectivity index (χ1n) is 11.6. The molecule has 0 saturated carbocycles. The molecule has 6 rings (SSSR count). The normalized spacial score (nSPS) is 23.8. The number of thiophene rings is 2. The molecule has 1 aromatic carbocycles. The maximum absolute atomic E-state index is 13.4. The van der Waals surface area contributed by atoms with E-state index in [1.54, 1.807) is 0 Å². The van der Waals surface area contributed by atoms with Crippen LogP contribution in [-0.4, -0.2) is 54.4 Å². The van der Waals surface area contributed by atoms with E-state index >= 15 is 0 Å². The van der Waals surface area contributed by atoms with Gasteiger partial charge in [-0.25, -0.2) is 4.79 Å². The van der Waals surface area contributed by atoms with E-state index in [-0.39, 0.29) is 13.5 Å². The quantitative estimate of drug-likeness (QED) is 0.246. The molecule has 0 radical (unpaired) electrons. The summed E-state index contributed by atoms with van der Waals surface area (Å²) in [6.45, 7) is 4.79. The lowest BCUT2D eigenvalue weighted by molar-refractivity contribution is -0.946. The fourth-order valence-electron chi connectivity index (χ4n) is 5.29. The third-order valence-corrected chi connectivity index (χ3v) is 9.10. The highest BCUT2D eigenvalue weighted by Crippen LogP contribution is 2.40. The molecule has 3 aliphatic rings. The van der Waals surface area contributed by atoms with E-state index in [1.807, 2.05) is 65.4 Å². The number of nitrogens with zero attached hydrogens (tertiary/aromatic N) is 1. The summed E-state index contributed by atoms with van der Waals surface area (Å²) in [7, 11) is 0. The van der Waals surface area contributed by atoms with Crippen LogP contribution >= 0.6 is 22.7 Å². The van der Waals surface area contributed by atoms with Gasteiger partial charge in [0, 0.05) is 25.2 Å². The molecule has 182 valence electrons. The summed E-state index contributed by atoms with van der Waals surface area (Å²) >= 11 is 2.77. The zero-order valence-electron chi connectivity index (χ0n) is 18.6. The molecule has 3 saturated heterocycles. The Morgan fingerprint density at radius 3 is 2.24 bits per heavy atom. The number of ether oxygens (including phenoxy) is 2. The minimum absolute atomic E-state index is 0. The summed E-state index contributed by atoms with van der Waals surface area (Å²) < 4.78 is 13.0. The number of hydrogen-bond donors (Lipinski definition) is 1. The minimum atomic E-state index is -1.73. The summed E-state index contributed by atoms with van der Waals surface area (Å²) in [4.78, 5) is 14.7. The number of esters is 1. The van der Waals surface area contributed by atoms with Crippen molar-refractivity contribution in [2.75, 3.05) is 32.8 Å². The fourth-order valence-corrected chi connectivity index (χ4v) is 7.00. The number of carbonyl (C=O) groups excluding carboxylic acids is 1. The molecule has 2 aromatic heterocycles. The summed E-state index contributed by atoms with van der Waals surface area (Å²) in [6, 6.07) is 17.3. The molecule has 3 aliphatic heterocycles. The van der Waals surface area contributed by atoms with E-state index in [1.165, 1.54) is 22.7 Å². The van der Waals surface area contributed by atoms with Gasteiger partial charge >= 0.3 is 5.97 Å². The highest BCUT2D eigenvalue weighted by Gasteiger charge is 2.51. The molecular formula is C27H34NO4S2+. The zero-order chi connectivity index (χ0) is 22.7. The Morgan fingerprint density at radius 1 is 1.00 bits per heavy atom. The average Bonchev–Trinajstić information content (AvgIpc) is 3.58. The first kappa shape index (κ1) is 24.9. The number of fused-ring (bicyclic) bond motifs is 3. The van der Waals surface area contributed by atoms with Gasteiger partial charge in [-0.1, -0.05) is 37.8 Å². The van der Waals surface area contributed by atoms with E-state index < -0.39 is 11.6 Å². The highest BCUT2D eigenvalue weighted by atomic mass is 32.1. The maximum Gasteiger partial charge on any atom is 0.349 e. The Hall–Kier alpha value is -2.19. The van der Waals surface area contributed by atoms with E-state index in [2.05, 4.69) is 0 Å². The molecule has 1 atom stereocenters. The summed E-state index contributed by atoms with van der Waals surface area (Å²) in [5.74, 6) is 0.741.